The van der Waals surface area contributed by atoms with Gasteiger partial charge in [0.05, 0.1) is 5.92 Å². The lowest BCUT2D eigenvalue weighted by Crippen LogP contribution is -2.39. The zero-order chi connectivity index (χ0) is 19.2. The zero-order valence-electron chi connectivity index (χ0n) is 15.3. The molecule has 3 rings (SSSR count). The zero-order valence-corrected chi connectivity index (χ0v) is 15.3. The van der Waals surface area contributed by atoms with E-state index < -0.39 is 5.97 Å². The summed E-state index contributed by atoms with van der Waals surface area (Å²) < 4.78 is 26.6. The van der Waals surface area contributed by atoms with Gasteiger partial charge in [-0.15, -0.1) is 0 Å². The number of hydrogen-bond donors (Lipinski definition) is 1. The second-order valence-corrected chi connectivity index (χ2v) is 7.28. The molecule has 1 fully saturated rings. The van der Waals surface area contributed by atoms with Gasteiger partial charge in [0.15, 0.2) is 0 Å². The summed E-state index contributed by atoms with van der Waals surface area (Å²) in [5, 5.41) is 9.22. The predicted molar refractivity (Wildman–Crippen MR) is 101 cm³/mol. The maximum atomic E-state index is 13.3. The summed E-state index contributed by atoms with van der Waals surface area (Å²) in [6.07, 6.45) is 3.40. The van der Waals surface area contributed by atoms with Crippen LogP contribution in [0.25, 0.3) is 0 Å². The Bertz CT molecular complexity index is 700. The molecule has 1 atom stereocenters. The van der Waals surface area contributed by atoms with Crippen LogP contribution in [0.2, 0.25) is 0 Å². The first-order valence-electron chi connectivity index (χ1n) is 9.49. The number of rotatable bonds is 7. The number of nitrogens with zero attached hydrogens (tertiary/aromatic N) is 1. The minimum absolute atomic E-state index is 0.0614. The highest BCUT2D eigenvalue weighted by molar-refractivity contribution is 5.70. The van der Waals surface area contributed by atoms with Crippen LogP contribution in [-0.2, 0) is 4.79 Å². The van der Waals surface area contributed by atoms with Crippen molar-refractivity contribution in [1.29, 1.82) is 0 Å². The van der Waals surface area contributed by atoms with Crippen LogP contribution in [0, 0.1) is 17.6 Å². The van der Waals surface area contributed by atoms with Crippen LogP contribution in [0.15, 0.2) is 48.5 Å². The summed E-state index contributed by atoms with van der Waals surface area (Å²) in [5.41, 5.74) is 2.01. The molecule has 3 nitrogen and oxygen atoms in total. The third-order valence-electron chi connectivity index (χ3n) is 5.37. The van der Waals surface area contributed by atoms with Crippen molar-refractivity contribution in [1.82, 2.24) is 4.90 Å². The molecule has 0 saturated carbocycles. The molecule has 144 valence electrons. The molecule has 1 heterocycles. The number of aliphatic carboxylic acids is 1. The van der Waals surface area contributed by atoms with Crippen LogP contribution in [0.1, 0.15) is 42.7 Å². The maximum Gasteiger partial charge on any atom is 0.307 e. The first kappa shape index (κ1) is 19.5. The lowest BCUT2D eigenvalue weighted by Gasteiger charge is -2.31. The second-order valence-electron chi connectivity index (χ2n) is 7.28. The quantitative estimate of drug-likeness (QED) is 0.766. The van der Waals surface area contributed by atoms with Crippen molar-refractivity contribution < 1.29 is 18.7 Å². The molecule has 1 unspecified atom stereocenters. The standard InChI is InChI=1S/C22H25F2NO2/c23-19-9-5-16(6-10-19)21(17-7-11-20(24)12-8-17)4-2-14-25-13-1-3-18(15-25)22(26)27/h5-12,18,21H,1-4,13-15H2,(H,26,27). The minimum atomic E-state index is -0.713. The van der Waals surface area contributed by atoms with Crippen molar-refractivity contribution in [3.05, 3.63) is 71.3 Å². The molecule has 27 heavy (non-hydrogen) atoms. The molecule has 5 heteroatoms. The van der Waals surface area contributed by atoms with Gasteiger partial charge in [-0.2, -0.15) is 0 Å². The third-order valence-corrected chi connectivity index (χ3v) is 5.37. The Labute approximate surface area is 158 Å². The highest BCUT2D eigenvalue weighted by Crippen LogP contribution is 2.30. The smallest absolute Gasteiger partial charge is 0.307 e. The van der Waals surface area contributed by atoms with Crippen molar-refractivity contribution >= 4 is 5.97 Å². The molecule has 1 N–H and O–H groups in total. The number of carbonyl (C=O) groups is 1. The van der Waals surface area contributed by atoms with Crippen LogP contribution in [0.4, 0.5) is 8.78 Å². The van der Waals surface area contributed by atoms with E-state index in [2.05, 4.69) is 4.90 Å². The highest BCUT2D eigenvalue weighted by atomic mass is 19.1. The summed E-state index contributed by atoms with van der Waals surface area (Å²) in [6.45, 7) is 2.37. The Hall–Kier alpha value is -2.27. The predicted octanol–water partition coefficient (Wildman–Crippen LogP) is 4.67. The molecule has 0 aliphatic carbocycles. The van der Waals surface area contributed by atoms with Gasteiger partial charge in [0.25, 0.3) is 0 Å². The van der Waals surface area contributed by atoms with Gasteiger partial charge in [-0.1, -0.05) is 24.3 Å². The van der Waals surface area contributed by atoms with E-state index in [1.807, 2.05) is 0 Å². The summed E-state index contributed by atoms with van der Waals surface area (Å²) in [6, 6.07) is 12.9. The van der Waals surface area contributed by atoms with E-state index in [1.54, 1.807) is 24.3 Å². The monoisotopic (exact) mass is 373 g/mol. The number of piperidine rings is 1. The Kier molecular flexibility index (Phi) is 6.56. The van der Waals surface area contributed by atoms with E-state index in [0.29, 0.717) is 6.54 Å². The molecule has 0 amide bonds. The van der Waals surface area contributed by atoms with Crippen molar-refractivity contribution in [2.45, 2.75) is 31.6 Å². The van der Waals surface area contributed by atoms with Gasteiger partial charge in [-0.3, -0.25) is 4.79 Å². The van der Waals surface area contributed by atoms with E-state index in [1.165, 1.54) is 24.3 Å². The first-order valence-corrected chi connectivity index (χ1v) is 9.49. The fourth-order valence-electron chi connectivity index (χ4n) is 3.90. The van der Waals surface area contributed by atoms with E-state index in [9.17, 15) is 18.7 Å². The van der Waals surface area contributed by atoms with E-state index >= 15 is 0 Å². The average Bonchev–Trinajstić information content (AvgIpc) is 2.67. The van der Waals surface area contributed by atoms with Gasteiger partial charge in [-0.05, 0) is 74.2 Å². The van der Waals surface area contributed by atoms with E-state index in [0.717, 1.165) is 49.9 Å². The molecule has 0 spiro atoms. The number of halogens is 2. The van der Waals surface area contributed by atoms with Gasteiger partial charge in [0, 0.05) is 12.5 Å². The van der Waals surface area contributed by atoms with Crippen LogP contribution < -0.4 is 0 Å². The van der Waals surface area contributed by atoms with Gasteiger partial charge in [0.2, 0.25) is 0 Å². The average molecular weight is 373 g/mol. The molecular weight excluding hydrogens is 348 g/mol. The topological polar surface area (TPSA) is 40.5 Å². The molecule has 2 aromatic carbocycles. The van der Waals surface area contributed by atoms with Crippen LogP contribution >= 0.6 is 0 Å². The second kappa shape index (κ2) is 9.09. The molecule has 0 aromatic heterocycles. The lowest BCUT2D eigenvalue weighted by molar-refractivity contribution is -0.143. The minimum Gasteiger partial charge on any atom is -0.481 e. The van der Waals surface area contributed by atoms with Crippen molar-refractivity contribution in [3.8, 4) is 0 Å². The number of benzene rings is 2. The molecule has 2 aromatic rings. The highest BCUT2D eigenvalue weighted by Gasteiger charge is 2.25. The number of carboxylic acids is 1. The summed E-state index contributed by atoms with van der Waals surface area (Å²) in [5.74, 6) is -1.47. The van der Waals surface area contributed by atoms with Gasteiger partial charge in [-0.25, -0.2) is 8.78 Å². The molecule has 1 aliphatic heterocycles. The van der Waals surface area contributed by atoms with Gasteiger partial charge >= 0.3 is 5.97 Å². The molecule has 1 aliphatic rings. The summed E-state index contributed by atoms with van der Waals surface area (Å²) in [7, 11) is 0. The van der Waals surface area contributed by atoms with Crippen LogP contribution in [-0.4, -0.2) is 35.6 Å². The Morgan fingerprint density at radius 1 is 1.04 bits per heavy atom. The molecule has 0 radical (unpaired) electrons. The van der Waals surface area contributed by atoms with Gasteiger partial charge < -0.3 is 10.0 Å². The molecule has 0 bridgehead atoms. The Balaban J connectivity index is 1.65. The van der Waals surface area contributed by atoms with Gasteiger partial charge in [0.1, 0.15) is 11.6 Å². The fraction of sp³-hybridized carbons (Fsp3) is 0.409. The Morgan fingerprint density at radius 3 is 2.11 bits per heavy atom. The van der Waals surface area contributed by atoms with Crippen molar-refractivity contribution in [2.75, 3.05) is 19.6 Å². The Morgan fingerprint density at radius 2 is 1.59 bits per heavy atom. The van der Waals surface area contributed by atoms with Crippen LogP contribution in [0.3, 0.4) is 0 Å². The number of likely N-dealkylation sites (tertiary alicyclic amines) is 1. The summed E-state index contributed by atoms with van der Waals surface area (Å²) in [4.78, 5) is 13.4. The third kappa shape index (κ3) is 5.36. The lowest BCUT2D eigenvalue weighted by atomic mass is 9.87. The largest absolute Gasteiger partial charge is 0.481 e. The molecular formula is C22H25F2NO2. The SMILES string of the molecule is O=C(O)C1CCCN(CCCC(c2ccc(F)cc2)c2ccc(F)cc2)C1. The fourth-order valence-corrected chi connectivity index (χ4v) is 3.90. The first-order chi connectivity index (χ1) is 13.0. The maximum absolute atomic E-state index is 13.3. The van der Waals surface area contributed by atoms with E-state index in [-0.39, 0.29) is 23.5 Å². The number of carboxylic acid groups (broad SMARTS) is 1. The van der Waals surface area contributed by atoms with Crippen LogP contribution in [0.5, 0.6) is 0 Å². The number of hydrogen-bond acceptors (Lipinski definition) is 2. The van der Waals surface area contributed by atoms with E-state index in [4.69, 9.17) is 0 Å². The normalized spacial score (nSPS) is 18.0. The molecule has 1 saturated heterocycles. The summed E-state index contributed by atoms with van der Waals surface area (Å²) >= 11 is 0. The van der Waals surface area contributed by atoms with Crippen molar-refractivity contribution in [3.63, 3.8) is 0 Å². The van der Waals surface area contributed by atoms with Crippen molar-refractivity contribution in [2.24, 2.45) is 5.92 Å².